The van der Waals surface area contributed by atoms with Crippen LogP contribution in [0.15, 0.2) is 59.8 Å². The molecule has 0 saturated carbocycles. The highest BCUT2D eigenvalue weighted by atomic mass is 32.2. The summed E-state index contributed by atoms with van der Waals surface area (Å²) in [7, 11) is 0. The van der Waals surface area contributed by atoms with Crippen LogP contribution in [0.1, 0.15) is 51.2 Å². The minimum atomic E-state index is 0.103. The molecule has 1 amide bonds. The Kier molecular flexibility index (Phi) is 6.99. The molecule has 1 aliphatic heterocycles. The van der Waals surface area contributed by atoms with E-state index in [1.54, 1.807) is 0 Å². The first-order valence-electron chi connectivity index (χ1n) is 11.4. The van der Waals surface area contributed by atoms with E-state index < -0.39 is 0 Å². The lowest BCUT2D eigenvalue weighted by Gasteiger charge is -2.26. The van der Waals surface area contributed by atoms with E-state index >= 15 is 0 Å². The molecule has 0 spiro atoms. The summed E-state index contributed by atoms with van der Waals surface area (Å²) in [6, 6.07) is 18.9. The fourth-order valence-electron chi connectivity index (χ4n) is 4.00. The first-order valence-corrected chi connectivity index (χ1v) is 12.4. The maximum absolute atomic E-state index is 12.7. The molecule has 3 aromatic rings. The average Bonchev–Trinajstić information content (AvgIpc) is 3.20. The van der Waals surface area contributed by atoms with E-state index in [1.165, 1.54) is 29.3 Å². The van der Waals surface area contributed by atoms with E-state index in [4.69, 9.17) is 0 Å². The Hall–Kier alpha value is -2.60. The van der Waals surface area contributed by atoms with Gasteiger partial charge < -0.3 is 4.90 Å². The van der Waals surface area contributed by atoms with E-state index in [2.05, 4.69) is 71.9 Å². The Morgan fingerprint density at radius 3 is 2.28 bits per heavy atom. The van der Waals surface area contributed by atoms with Crippen LogP contribution in [0.25, 0.3) is 11.4 Å². The average molecular weight is 449 g/mol. The van der Waals surface area contributed by atoms with E-state index in [-0.39, 0.29) is 11.3 Å². The third kappa shape index (κ3) is 5.41. The zero-order valence-corrected chi connectivity index (χ0v) is 20.1. The van der Waals surface area contributed by atoms with Crippen molar-refractivity contribution in [2.75, 3.05) is 18.8 Å². The molecule has 1 fully saturated rings. The highest BCUT2D eigenvalue weighted by molar-refractivity contribution is 7.99. The van der Waals surface area contributed by atoms with Gasteiger partial charge in [-0.3, -0.25) is 9.36 Å². The third-order valence-corrected chi connectivity index (χ3v) is 6.89. The molecule has 2 aromatic carbocycles. The van der Waals surface area contributed by atoms with Gasteiger partial charge in [0.2, 0.25) is 5.91 Å². The molecule has 0 aliphatic carbocycles. The summed E-state index contributed by atoms with van der Waals surface area (Å²) in [5.74, 6) is 1.43. The number of nitrogens with zero attached hydrogens (tertiary/aromatic N) is 4. The number of likely N-dealkylation sites (tertiary alicyclic amines) is 1. The molecular formula is C26H32N4OS. The van der Waals surface area contributed by atoms with Gasteiger partial charge in [-0.05, 0) is 35.8 Å². The second-order valence-corrected chi connectivity index (χ2v) is 10.4. The molecule has 168 valence electrons. The van der Waals surface area contributed by atoms with Crippen molar-refractivity contribution in [3.8, 4) is 11.4 Å². The largest absolute Gasteiger partial charge is 0.342 e. The van der Waals surface area contributed by atoms with Crippen molar-refractivity contribution >= 4 is 17.7 Å². The first-order chi connectivity index (χ1) is 15.4. The summed E-state index contributed by atoms with van der Waals surface area (Å²) < 4.78 is 2.13. The number of amides is 1. The van der Waals surface area contributed by atoms with Crippen LogP contribution in [-0.4, -0.2) is 44.4 Å². The molecule has 32 heavy (non-hydrogen) atoms. The molecule has 0 unspecified atom stereocenters. The Morgan fingerprint density at radius 1 is 0.938 bits per heavy atom. The maximum atomic E-state index is 12.7. The monoisotopic (exact) mass is 448 g/mol. The summed E-state index contributed by atoms with van der Waals surface area (Å²) >= 11 is 1.49. The lowest BCUT2D eigenvalue weighted by Crippen LogP contribution is -2.36. The van der Waals surface area contributed by atoms with Crippen LogP contribution >= 0.6 is 11.8 Å². The third-order valence-electron chi connectivity index (χ3n) is 5.94. The smallest absolute Gasteiger partial charge is 0.233 e. The van der Waals surface area contributed by atoms with Crippen LogP contribution in [0.3, 0.4) is 0 Å². The Labute approximate surface area is 195 Å². The number of piperidine rings is 1. The van der Waals surface area contributed by atoms with Crippen LogP contribution in [0.4, 0.5) is 0 Å². The number of hydrogen-bond acceptors (Lipinski definition) is 4. The quantitative estimate of drug-likeness (QED) is 0.474. The zero-order valence-electron chi connectivity index (χ0n) is 19.3. The predicted molar refractivity (Wildman–Crippen MR) is 131 cm³/mol. The Morgan fingerprint density at radius 2 is 1.62 bits per heavy atom. The maximum Gasteiger partial charge on any atom is 0.233 e. The molecule has 0 radical (unpaired) electrons. The molecule has 0 N–H and O–H groups in total. The number of carbonyl (C=O) groups is 1. The molecule has 5 nitrogen and oxygen atoms in total. The van der Waals surface area contributed by atoms with Gasteiger partial charge in [0.25, 0.3) is 0 Å². The van der Waals surface area contributed by atoms with E-state index in [1.807, 2.05) is 23.1 Å². The van der Waals surface area contributed by atoms with Crippen molar-refractivity contribution in [2.24, 2.45) is 0 Å². The van der Waals surface area contributed by atoms with Gasteiger partial charge in [-0.1, -0.05) is 87.1 Å². The van der Waals surface area contributed by atoms with Crippen molar-refractivity contribution in [1.82, 2.24) is 19.7 Å². The highest BCUT2D eigenvalue weighted by Gasteiger charge is 2.20. The van der Waals surface area contributed by atoms with E-state index in [0.717, 1.165) is 42.5 Å². The summed E-state index contributed by atoms with van der Waals surface area (Å²) in [5.41, 5.74) is 3.61. The van der Waals surface area contributed by atoms with Gasteiger partial charge in [0.15, 0.2) is 11.0 Å². The van der Waals surface area contributed by atoms with Crippen LogP contribution in [-0.2, 0) is 16.8 Å². The molecule has 1 aliphatic rings. The number of benzene rings is 2. The van der Waals surface area contributed by atoms with Gasteiger partial charge in [-0.2, -0.15) is 0 Å². The fourth-order valence-corrected chi connectivity index (χ4v) is 4.84. The molecule has 1 saturated heterocycles. The van der Waals surface area contributed by atoms with Gasteiger partial charge in [0.05, 0.1) is 12.3 Å². The van der Waals surface area contributed by atoms with E-state index in [9.17, 15) is 4.79 Å². The topological polar surface area (TPSA) is 51.0 Å². The zero-order chi connectivity index (χ0) is 22.6. The van der Waals surface area contributed by atoms with Crippen LogP contribution in [0.2, 0.25) is 0 Å². The van der Waals surface area contributed by atoms with Gasteiger partial charge in [0.1, 0.15) is 0 Å². The molecule has 0 bridgehead atoms. The number of rotatable bonds is 6. The minimum absolute atomic E-state index is 0.103. The summed E-state index contributed by atoms with van der Waals surface area (Å²) in [6.07, 6.45) is 3.43. The fraction of sp³-hybridized carbons (Fsp3) is 0.423. The van der Waals surface area contributed by atoms with Crippen LogP contribution in [0.5, 0.6) is 0 Å². The van der Waals surface area contributed by atoms with Gasteiger partial charge >= 0.3 is 0 Å². The molecule has 2 heterocycles. The van der Waals surface area contributed by atoms with E-state index in [0.29, 0.717) is 12.3 Å². The number of thioether (sulfide) groups is 1. The van der Waals surface area contributed by atoms with Crippen molar-refractivity contribution in [3.63, 3.8) is 0 Å². The summed E-state index contributed by atoms with van der Waals surface area (Å²) in [5, 5.41) is 9.80. The lowest BCUT2D eigenvalue weighted by molar-refractivity contribution is -0.129. The molecule has 1 aromatic heterocycles. The lowest BCUT2D eigenvalue weighted by atomic mass is 9.87. The Bertz CT molecular complexity index is 1030. The van der Waals surface area contributed by atoms with Crippen molar-refractivity contribution < 1.29 is 4.79 Å². The molecule has 0 atom stereocenters. The molecular weight excluding hydrogens is 416 g/mol. The number of carbonyl (C=O) groups excluding carboxylic acids is 1. The van der Waals surface area contributed by atoms with Gasteiger partial charge in [-0.25, -0.2) is 0 Å². The van der Waals surface area contributed by atoms with Gasteiger partial charge in [0, 0.05) is 18.7 Å². The molecule has 4 rings (SSSR count). The standard InChI is InChI=1S/C26H32N4OS/c1-26(2,3)22-14-12-21(13-15-22)24-27-28-25(30(24)18-20-10-6-4-7-11-20)32-19-23(31)29-16-8-5-9-17-29/h4,6-7,10-15H,5,8-9,16-19H2,1-3H3. The minimum Gasteiger partial charge on any atom is -0.342 e. The van der Waals surface area contributed by atoms with Crippen molar-refractivity contribution in [2.45, 2.75) is 57.1 Å². The van der Waals surface area contributed by atoms with Crippen molar-refractivity contribution in [1.29, 1.82) is 0 Å². The predicted octanol–water partition coefficient (Wildman–Crippen LogP) is 5.40. The number of aromatic nitrogens is 3. The second kappa shape index (κ2) is 9.90. The normalized spacial score (nSPS) is 14.5. The first kappa shape index (κ1) is 22.6. The van der Waals surface area contributed by atoms with Crippen LogP contribution < -0.4 is 0 Å². The highest BCUT2D eigenvalue weighted by Crippen LogP contribution is 2.28. The van der Waals surface area contributed by atoms with Crippen LogP contribution in [0, 0.1) is 0 Å². The summed E-state index contributed by atoms with van der Waals surface area (Å²) in [6.45, 7) is 9.07. The van der Waals surface area contributed by atoms with Crippen molar-refractivity contribution in [3.05, 3.63) is 65.7 Å². The van der Waals surface area contributed by atoms with Gasteiger partial charge in [-0.15, -0.1) is 10.2 Å². The summed E-state index contributed by atoms with van der Waals surface area (Å²) in [4.78, 5) is 14.7. The number of hydrogen-bond donors (Lipinski definition) is 0. The second-order valence-electron chi connectivity index (χ2n) is 9.44. The Balaban J connectivity index is 1.59. The molecule has 6 heteroatoms. The SMILES string of the molecule is CC(C)(C)c1ccc(-c2nnc(SCC(=O)N3CCCCC3)n2Cc2ccccc2)cc1.